The Balaban J connectivity index is 0.000000160. The molecule has 0 aromatic heterocycles. The summed E-state index contributed by atoms with van der Waals surface area (Å²) in [7, 11) is 0. The van der Waals surface area contributed by atoms with Crippen molar-refractivity contribution in [2.45, 2.75) is 0 Å². The summed E-state index contributed by atoms with van der Waals surface area (Å²) in [4.78, 5) is 0. The number of benzene rings is 1. The lowest BCUT2D eigenvalue weighted by Crippen LogP contribution is -2.06. The van der Waals surface area contributed by atoms with Gasteiger partial charge < -0.3 is 10.8 Å². The van der Waals surface area contributed by atoms with Gasteiger partial charge in [0, 0.05) is 0 Å². The van der Waals surface area contributed by atoms with E-state index in [1.165, 1.54) is 0 Å². The maximum atomic E-state index is 8.79. The van der Waals surface area contributed by atoms with Gasteiger partial charge in [-0.15, -0.1) is 0 Å². The molecule has 16 heavy (non-hydrogen) atoms. The lowest BCUT2D eigenvalue weighted by molar-refractivity contribution is 0.478. The minimum atomic E-state index is 0.146. The molecular formula is C12H13N3O. The first-order valence-electron chi connectivity index (χ1n) is 4.67. The molecular weight excluding hydrogens is 202 g/mol. The summed E-state index contributed by atoms with van der Waals surface area (Å²) >= 11 is 0. The van der Waals surface area contributed by atoms with Gasteiger partial charge in [-0.3, -0.25) is 10.8 Å². The van der Waals surface area contributed by atoms with Crippen molar-refractivity contribution < 1.29 is 5.11 Å². The minimum absolute atomic E-state index is 0.146. The van der Waals surface area contributed by atoms with Crippen molar-refractivity contribution in [1.82, 2.24) is 0 Å². The van der Waals surface area contributed by atoms with Crippen molar-refractivity contribution in [3.8, 4) is 5.75 Å². The first-order chi connectivity index (χ1) is 7.61. The van der Waals surface area contributed by atoms with Gasteiger partial charge in [-0.2, -0.15) is 0 Å². The number of allylic oxidation sites excluding steroid dienone is 4. The van der Waals surface area contributed by atoms with E-state index in [4.69, 9.17) is 21.7 Å². The van der Waals surface area contributed by atoms with E-state index in [0.29, 0.717) is 5.69 Å². The molecule has 4 nitrogen and oxygen atoms in total. The van der Waals surface area contributed by atoms with Crippen LogP contribution in [0.5, 0.6) is 5.75 Å². The Hall–Kier alpha value is -2.36. The Kier molecular flexibility index (Phi) is 4.03. The van der Waals surface area contributed by atoms with Crippen molar-refractivity contribution >= 4 is 17.1 Å². The molecule has 4 heteroatoms. The van der Waals surface area contributed by atoms with Gasteiger partial charge in [-0.25, -0.2) is 0 Å². The Labute approximate surface area is 93.7 Å². The van der Waals surface area contributed by atoms with E-state index in [1.54, 1.807) is 48.6 Å². The molecule has 82 valence electrons. The van der Waals surface area contributed by atoms with Crippen LogP contribution in [0, 0.1) is 10.8 Å². The predicted molar refractivity (Wildman–Crippen MR) is 66.3 cm³/mol. The van der Waals surface area contributed by atoms with E-state index in [9.17, 15) is 0 Å². The average molecular weight is 215 g/mol. The highest BCUT2D eigenvalue weighted by Crippen LogP contribution is 2.16. The third-order valence-corrected chi connectivity index (χ3v) is 1.86. The molecule has 1 aliphatic rings. The number of nitrogen functional groups attached to an aromatic ring is 1. The molecule has 1 aromatic rings. The molecule has 0 saturated heterocycles. The maximum Gasteiger partial charge on any atom is 0.138 e. The van der Waals surface area contributed by atoms with Gasteiger partial charge in [-0.1, -0.05) is 24.3 Å². The van der Waals surface area contributed by atoms with E-state index >= 15 is 0 Å². The third-order valence-electron chi connectivity index (χ3n) is 1.86. The summed E-state index contributed by atoms with van der Waals surface area (Å²) < 4.78 is 0. The van der Waals surface area contributed by atoms with Crippen molar-refractivity contribution in [3.63, 3.8) is 0 Å². The molecule has 0 heterocycles. The van der Waals surface area contributed by atoms with Gasteiger partial charge in [0.25, 0.3) is 0 Å². The molecule has 0 radical (unpaired) electrons. The number of rotatable bonds is 0. The summed E-state index contributed by atoms with van der Waals surface area (Å²) in [6.07, 6.45) is 6.70. The molecule has 0 atom stereocenters. The summed E-state index contributed by atoms with van der Waals surface area (Å²) in [5.74, 6) is 0.146. The fourth-order valence-electron chi connectivity index (χ4n) is 0.971. The van der Waals surface area contributed by atoms with E-state index in [2.05, 4.69) is 0 Å². The fraction of sp³-hybridized carbons (Fsp3) is 0. The van der Waals surface area contributed by atoms with E-state index in [0.717, 1.165) is 0 Å². The van der Waals surface area contributed by atoms with Crippen LogP contribution in [0.1, 0.15) is 0 Å². The van der Waals surface area contributed by atoms with Crippen LogP contribution in [-0.2, 0) is 0 Å². The van der Waals surface area contributed by atoms with Gasteiger partial charge in [0.2, 0.25) is 0 Å². The average Bonchev–Trinajstić information content (AvgIpc) is 2.28. The Morgan fingerprint density at radius 2 is 1.44 bits per heavy atom. The SMILES string of the molecule is N=C1C=CC=CC1=N.Nc1ccccc1O. The monoisotopic (exact) mass is 215 g/mol. The topological polar surface area (TPSA) is 94.0 Å². The zero-order chi connectivity index (χ0) is 12.0. The standard InChI is InChI=1S/C6H6N2.C6H7NO/c2*7-5-3-1-2-4-6(5)8/h1-4,7-8H;1-4,8H,7H2. The van der Waals surface area contributed by atoms with Crippen LogP contribution in [0.25, 0.3) is 0 Å². The highest BCUT2D eigenvalue weighted by molar-refractivity contribution is 6.48. The van der Waals surface area contributed by atoms with Crippen LogP contribution in [-0.4, -0.2) is 16.5 Å². The van der Waals surface area contributed by atoms with Crippen LogP contribution in [0.3, 0.4) is 0 Å². The number of anilines is 1. The molecule has 0 spiro atoms. The first kappa shape index (κ1) is 11.7. The summed E-state index contributed by atoms with van der Waals surface area (Å²) in [6.45, 7) is 0. The number of para-hydroxylation sites is 2. The molecule has 1 aliphatic carbocycles. The van der Waals surface area contributed by atoms with E-state index < -0.39 is 0 Å². The van der Waals surface area contributed by atoms with Gasteiger partial charge >= 0.3 is 0 Å². The Morgan fingerprint density at radius 1 is 0.938 bits per heavy atom. The van der Waals surface area contributed by atoms with Gasteiger partial charge in [0.1, 0.15) is 5.75 Å². The Morgan fingerprint density at radius 3 is 1.75 bits per heavy atom. The molecule has 0 fully saturated rings. The highest BCUT2D eigenvalue weighted by atomic mass is 16.3. The number of nitrogens with one attached hydrogen (secondary N) is 2. The van der Waals surface area contributed by atoms with Crippen LogP contribution in [0.4, 0.5) is 5.69 Å². The van der Waals surface area contributed by atoms with E-state index in [1.807, 2.05) is 0 Å². The minimum Gasteiger partial charge on any atom is -0.506 e. The molecule has 0 unspecified atom stereocenters. The fourth-order valence-corrected chi connectivity index (χ4v) is 0.971. The molecule has 0 bridgehead atoms. The lowest BCUT2D eigenvalue weighted by Gasteiger charge is -1.96. The van der Waals surface area contributed by atoms with Gasteiger partial charge in [-0.05, 0) is 24.3 Å². The zero-order valence-corrected chi connectivity index (χ0v) is 8.64. The number of hydrogen-bond acceptors (Lipinski definition) is 4. The van der Waals surface area contributed by atoms with Crippen molar-refractivity contribution in [2.24, 2.45) is 0 Å². The second kappa shape index (κ2) is 5.50. The highest BCUT2D eigenvalue weighted by Gasteiger charge is 1.97. The summed E-state index contributed by atoms with van der Waals surface area (Å²) in [6, 6.07) is 6.70. The van der Waals surface area contributed by atoms with Crippen LogP contribution in [0.15, 0.2) is 48.6 Å². The molecule has 1 aromatic carbocycles. The smallest absolute Gasteiger partial charge is 0.138 e. The first-order valence-corrected chi connectivity index (χ1v) is 4.67. The number of nitrogens with two attached hydrogens (primary N) is 1. The number of phenolic OH excluding ortho intramolecular Hbond substituents is 1. The van der Waals surface area contributed by atoms with E-state index in [-0.39, 0.29) is 17.2 Å². The molecule has 2 rings (SSSR count). The Bertz CT molecular complexity index is 418. The molecule has 0 aliphatic heterocycles. The molecule has 0 amide bonds. The van der Waals surface area contributed by atoms with Crippen molar-refractivity contribution in [2.75, 3.05) is 5.73 Å². The number of aromatic hydroxyl groups is 1. The normalized spacial score (nSPS) is 13.2. The van der Waals surface area contributed by atoms with Gasteiger partial charge in [0.15, 0.2) is 0 Å². The second-order valence-electron chi connectivity index (χ2n) is 3.10. The van der Waals surface area contributed by atoms with Crippen LogP contribution in [0.2, 0.25) is 0 Å². The van der Waals surface area contributed by atoms with Crippen molar-refractivity contribution in [3.05, 3.63) is 48.6 Å². The van der Waals surface area contributed by atoms with Crippen LogP contribution >= 0.6 is 0 Å². The van der Waals surface area contributed by atoms with Gasteiger partial charge in [0.05, 0.1) is 17.1 Å². The quantitative estimate of drug-likeness (QED) is 0.303. The maximum absolute atomic E-state index is 8.79. The molecule has 5 N–H and O–H groups in total. The largest absolute Gasteiger partial charge is 0.506 e. The third kappa shape index (κ3) is 3.42. The van der Waals surface area contributed by atoms with Crippen LogP contribution < -0.4 is 5.73 Å². The summed E-state index contributed by atoms with van der Waals surface area (Å²) in [5.41, 5.74) is 6.26. The lowest BCUT2D eigenvalue weighted by atomic mass is 10.1. The second-order valence-corrected chi connectivity index (χ2v) is 3.10. The molecule has 0 saturated carbocycles. The number of phenols is 1. The number of hydrogen-bond donors (Lipinski definition) is 4. The summed E-state index contributed by atoms with van der Waals surface area (Å²) in [5, 5.41) is 22.9. The predicted octanol–water partition coefficient (Wildman–Crippen LogP) is 2.13. The zero-order valence-electron chi connectivity index (χ0n) is 8.64. The van der Waals surface area contributed by atoms with Crippen molar-refractivity contribution in [1.29, 1.82) is 10.8 Å².